The van der Waals surface area contributed by atoms with Gasteiger partial charge in [-0.3, -0.25) is 9.69 Å². The summed E-state index contributed by atoms with van der Waals surface area (Å²) < 4.78 is 6.42. The molecule has 1 atom stereocenters. The number of aryl methyl sites for hydroxylation is 2. The standard InChI is InChI=1S/C31H40N4O3/c1-19-7-9-23-16-35(18-31(4,5)38-28(23)13-19)17-24-14-22(10-8-20(24)2)26(15-29(36)37)25-11-12-27(33-6)30(34-32)21(25)3/h7-14,26,33-34H,15-18,32H2,1-6H3,(H,36,37)/p+1/t26-/m0/s1. The summed E-state index contributed by atoms with van der Waals surface area (Å²) in [6, 6.07) is 16.8. The van der Waals surface area contributed by atoms with E-state index in [4.69, 9.17) is 10.6 Å². The van der Waals surface area contributed by atoms with Crippen molar-refractivity contribution in [2.45, 2.75) is 65.6 Å². The number of anilines is 1. The van der Waals surface area contributed by atoms with Crippen molar-refractivity contribution in [3.05, 3.63) is 87.5 Å². The Balaban J connectivity index is 1.71. The molecule has 0 fully saturated rings. The summed E-state index contributed by atoms with van der Waals surface area (Å²) in [5.41, 5.74) is 10.8. The first-order chi connectivity index (χ1) is 18.0. The highest BCUT2D eigenvalue weighted by Gasteiger charge is 2.30. The van der Waals surface area contributed by atoms with Crippen LogP contribution in [-0.4, -0.2) is 35.2 Å². The minimum absolute atomic E-state index is 0.00354. The fourth-order valence-electron chi connectivity index (χ4n) is 5.62. The number of nitrogens with zero attached hydrogens (tertiary/aromatic N) is 1. The van der Waals surface area contributed by atoms with Crippen LogP contribution in [0.3, 0.4) is 0 Å². The molecule has 1 aliphatic rings. The monoisotopic (exact) mass is 517 g/mol. The summed E-state index contributed by atoms with van der Waals surface area (Å²) >= 11 is 0. The van der Waals surface area contributed by atoms with Crippen LogP contribution in [0.4, 0.5) is 11.4 Å². The molecule has 202 valence electrons. The molecule has 0 bridgehead atoms. The van der Waals surface area contributed by atoms with Gasteiger partial charge in [-0.25, -0.2) is 5.43 Å². The highest BCUT2D eigenvalue weighted by atomic mass is 16.5. The van der Waals surface area contributed by atoms with E-state index in [0.29, 0.717) is 0 Å². The van der Waals surface area contributed by atoms with E-state index >= 15 is 0 Å². The first kappa shape index (κ1) is 27.6. The summed E-state index contributed by atoms with van der Waals surface area (Å²) in [6.07, 6.45) is 0.00354. The number of hydrogen-bond donors (Lipinski definition) is 4. The molecule has 0 aliphatic carbocycles. The molecule has 0 radical (unpaired) electrons. The Morgan fingerprint density at radius 1 is 1.16 bits per heavy atom. The topological polar surface area (TPSA) is 104 Å². The molecule has 1 aliphatic heterocycles. The molecule has 4 rings (SSSR count). The Kier molecular flexibility index (Phi) is 8.11. The molecule has 0 amide bonds. The first-order valence-corrected chi connectivity index (χ1v) is 13.2. The van der Waals surface area contributed by atoms with Gasteiger partial charge < -0.3 is 15.2 Å². The maximum absolute atomic E-state index is 12.0. The minimum Gasteiger partial charge on any atom is -0.486 e. The lowest BCUT2D eigenvalue weighted by Gasteiger charge is -2.30. The third-order valence-electron chi connectivity index (χ3n) is 7.52. The highest BCUT2D eigenvalue weighted by molar-refractivity contribution is 5.71. The average Bonchev–Trinajstić information content (AvgIpc) is 2.97. The number of nitrogens with two attached hydrogens (primary N) is 2. The molecule has 0 unspecified atom stereocenters. The Labute approximate surface area is 226 Å². The van der Waals surface area contributed by atoms with Gasteiger partial charge in [0.25, 0.3) is 0 Å². The number of rotatable bonds is 8. The number of quaternary nitrogens is 1. The van der Waals surface area contributed by atoms with Crippen LogP contribution >= 0.6 is 0 Å². The number of benzene rings is 3. The molecule has 0 aromatic heterocycles. The molecule has 3 aromatic rings. The summed E-state index contributed by atoms with van der Waals surface area (Å²) in [6.45, 7) is 12.8. The summed E-state index contributed by atoms with van der Waals surface area (Å²) in [4.78, 5) is 14.4. The number of fused-ring (bicyclic) bond motifs is 1. The number of carboxylic acid groups (broad SMARTS) is 1. The molecule has 1 heterocycles. The van der Waals surface area contributed by atoms with E-state index in [1.807, 2.05) is 26.1 Å². The second-order valence-electron chi connectivity index (χ2n) is 11.1. The predicted molar refractivity (Wildman–Crippen MR) is 152 cm³/mol. The molecular formula is C31H41N4O3+. The van der Waals surface area contributed by atoms with Gasteiger partial charge in [-0.1, -0.05) is 36.4 Å². The smallest absolute Gasteiger partial charge is 0.304 e. The van der Waals surface area contributed by atoms with Crippen molar-refractivity contribution in [3.63, 3.8) is 0 Å². The molecule has 7 nitrogen and oxygen atoms in total. The fourth-order valence-corrected chi connectivity index (χ4v) is 5.62. The van der Waals surface area contributed by atoms with Gasteiger partial charge in [0.05, 0.1) is 12.1 Å². The van der Waals surface area contributed by atoms with E-state index in [2.05, 4.69) is 74.3 Å². The number of nitrogens with one attached hydrogen (secondary N) is 1. The Morgan fingerprint density at radius 2 is 1.92 bits per heavy atom. The van der Waals surface area contributed by atoms with Gasteiger partial charge in [-0.15, -0.1) is 0 Å². The van der Waals surface area contributed by atoms with Gasteiger partial charge in [0.2, 0.25) is 0 Å². The zero-order valence-corrected chi connectivity index (χ0v) is 23.4. The van der Waals surface area contributed by atoms with Crippen molar-refractivity contribution < 1.29 is 20.1 Å². The van der Waals surface area contributed by atoms with E-state index in [1.165, 1.54) is 22.3 Å². The molecule has 7 heteroatoms. The number of ether oxygens (including phenoxy) is 1. The van der Waals surface area contributed by atoms with E-state index in [0.717, 1.165) is 53.4 Å². The van der Waals surface area contributed by atoms with Crippen molar-refractivity contribution in [3.8, 4) is 5.75 Å². The van der Waals surface area contributed by atoms with Crippen LogP contribution in [0.5, 0.6) is 5.75 Å². The zero-order chi connectivity index (χ0) is 27.6. The lowest BCUT2D eigenvalue weighted by molar-refractivity contribution is -0.584. The van der Waals surface area contributed by atoms with Crippen LogP contribution in [0.15, 0.2) is 48.5 Å². The van der Waals surface area contributed by atoms with Crippen molar-refractivity contribution >= 4 is 17.3 Å². The molecule has 3 aromatic carbocycles. The van der Waals surface area contributed by atoms with Crippen LogP contribution in [0.1, 0.15) is 65.1 Å². The fraction of sp³-hybridized carbons (Fsp3) is 0.387. The maximum atomic E-state index is 12.0. The van der Waals surface area contributed by atoms with Gasteiger partial charge in [0.15, 0.2) is 5.69 Å². The molecule has 0 saturated carbocycles. The van der Waals surface area contributed by atoms with E-state index in [-0.39, 0.29) is 17.9 Å². The normalized spacial score (nSPS) is 15.8. The lowest BCUT2D eigenvalue weighted by atomic mass is 9.84. The predicted octanol–water partition coefficient (Wildman–Crippen LogP) is 4.50. The number of carbonyl (C=O) groups is 1. The third kappa shape index (κ3) is 6.01. The van der Waals surface area contributed by atoms with E-state index in [1.54, 1.807) is 5.43 Å². The second-order valence-corrected chi connectivity index (χ2v) is 11.1. The Hall–Kier alpha value is -3.39. The molecule has 38 heavy (non-hydrogen) atoms. The number of carboxylic acids is 1. The maximum Gasteiger partial charge on any atom is 0.304 e. The summed E-state index contributed by atoms with van der Waals surface area (Å²) in [5.74, 6) is 5.80. The highest BCUT2D eigenvalue weighted by Crippen LogP contribution is 2.37. The third-order valence-corrected chi connectivity index (χ3v) is 7.52. The van der Waals surface area contributed by atoms with Crippen molar-refractivity contribution in [1.29, 1.82) is 0 Å². The number of aliphatic carboxylic acids is 1. The Morgan fingerprint density at radius 3 is 2.61 bits per heavy atom. The minimum atomic E-state index is -0.828. The first-order valence-electron chi connectivity index (χ1n) is 13.2. The van der Waals surface area contributed by atoms with Crippen LogP contribution in [0.25, 0.3) is 0 Å². The second kappa shape index (κ2) is 11.2. The van der Waals surface area contributed by atoms with Gasteiger partial charge in [-0.05, 0) is 74.6 Å². The van der Waals surface area contributed by atoms with Gasteiger partial charge >= 0.3 is 5.97 Å². The van der Waals surface area contributed by atoms with Gasteiger partial charge in [0, 0.05) is 43.7 Å². The van der Waals surface area contributed by atoms with Crippen molar-refractivity contribution in [2.75, 3.05) is 18.9 Å². The summed E-state index contributed by atoms with van der Waals surface area (Å²) in [7, 11) is 1.86. The quantitative estimate of drug-likeness (QED) is 0.199. The molecule has 6 N–H and O–H groups in total. The van der Waals surface area contributed by atoms with Crippen LogP contribution < -0.4 is 21.3 Å². The molecule has 0 spiro atoms. The van der Waals surface area contributed by atoms with E-state index < -0.39 is 5.97 Å². The van der Waals surface area contributed by atoms with Crippen LogP contribution in [0.2, 0.25) is 0 Å². The number of hydrogen-bond acceptors (Lipinski definition) is 5. The Bertz CT molecular complexity index is 1330. The van der Waals surface area contributed by atoms with Gasteiger partial charge in [0.1, 0.15) is 11.4 Å². The average molecular weight is 518 g/mol. The zero-order valence-electron chi connectivity index (χ0n) is 23.4. The van der Waals surface area contributed by atoms with Crippen molar-refractivity contribution in [1.82, 2.24) is 4.90 Å². The molecule has 0 saturated heterocycles. The van der Waals surface area contributed by atoms with Gasteiger partial charge in [-0.2, -0.15) is 5.84 Å². The lowest BCUT2D eigenvalue weighted by Crippen LogP contribution is -2.86. The summed E-state index contributed by atoms with van der Waals surface area (Å²) in [5, 5.41) is 13.0. The van der Waals surface area contributed by atoms with Crippen LogP contribution in [-0.2, 0) is 17.9 Å². The SMILES string of the molecule is CNc1ccc([C@@H](CC(=O)O)c2ccc(C)c(CN3Cc4ccc(C)cc4OC(C)(C)C3)c2)c(C)c1[NH2+]N. The molecular weight excluding hydrogens is 476 g/mol. The van der Waals surface area contributed by atoms with Crippen molar-refractivity contribution in [2.24, 2.45) is 5.84 Å². The largest absolute Gasteiger partial charge is 0.486 e. The van der Waals surface area contributed by atoms with Crippen LogP contribution in [0, 0.1) is 20.8 Å². The van der Waals surface area contributed by atoms with E-state index in [9.17, 15) is 9.90 Å².